The highest BCUT2D eigenvalue weighted by Crippen LogP contribution is 2.28. The van der Waals surface area contributed by atoms with E-state index < -0.39 is 27.7 Å². The molecule has 0 saturated carbocycles. The van der Waals surface area contributed by atoms with Crippen molar-refractivity contribution in [2.75, 3.05) is 11.9 Å². The highest BCUT2D eigenvalue weighted by molar-refractivity contribution is 7.84. The standard InChI is InChI=1S/C21H32F2N4OS/c1-20(2,3)29(28)27-18(15-24)11-13-21(22,23)12-5-4-8-17-10-9-16-7-6-14-25-19(16)26-17/h9-10,18,27H,4-8,11-14H2,1-3H3,(H,25,26)/t18-,29-/m1/s1. The first kappa shape index (κ1) is 23.7. The SMILES string of the molecule is CC(C)(C)[S@@](=O)N[C@@H](C#N)CCC(F)(F)CCCCc1ccc2c(n1)NCCC2. The minimum absolute atomic E-state index is 0.0244. The van der Waals surface area contributed by atoms with E-state index in [0.717, 1.165) is 30.9 Å². The van der Waals surface area contributed by atoms with E-state index in [1.807, 2.05) is 12.1 Å². The van der Waals surface area contributed by atoms with Gasteiger partial charge in [-0.15, -0.1) is 0 Å². The summed E-state index contributed by atoms with van der Waals surface area (Å²) in [6, 6.07) is 5.17. The molecule has 0 saturated heterocycles. The largest absolute Gasteiger partial charge is 0.370 e. The van der Waals surface area contributed by atoms with Gasteiger partial charge in [-0.25, -0.2) is 22.7 Å². The Kier molecular flexibility index (Phi) is 8.53. The summed E-state index contributed by atoms with van der Waals surface area (Å²) in [6.07, 6.45) is 3.24. The molecule has 0 bridgehead atoms. The average Bonchev–Trinajstić information content (AvgIpc) is 2.67. The van der Waals surface area contributed by atoms with Gasteiger partial charge in [0.15, 0.2) is 0 Å². The molecule has 0 spiro atoms. The van der Waals surface area contributed by atoms with Gasteiger partial charge in [-0.05, 0) is 70.9 Å². The molecule has 0 fully saturated rings. The number of anilines is 1. The van der Waals surface area contributed by atoms with Crippen molar-refractivity contribution in [3.05, 3.63) is 23.4 Å². The number of nitrogens with zero attached hydrogens (tertiary/aromatic N) is 2. The number of aromatic nitrogens is 1. The van der Waals surface area contributed by atoms with Gasteiger partial charge in [0.05, 0.1) is 21.8 Å². The molecule has 1 aromatic heterocycles. The molecule has 0 amide bonds. The van der Waals surface area contributed by atoms with Crippen LogP contribution in [0, 0.1) is 11.3 Å². The lowest BCUT2D eigenvalue weighted by atomic mass is 10.0. The van der Waals surface area contributed by atoms with Crippen LogP contribution in [0.15, 0.2) is 12.1 Å². The van der Waals surface area contributed by atoms with Gasteiger partial charge >= 0.3 is 0 Å². The summed E-state index contributed by atoms with van der Waals surface area (Å²) >= 11 is 0. The molecule has 0 radical (unpaired) electrons. The third-order valence-corrected chi connectivity index (χ3v) is 6.55. The highest BCUT2D eigenvalue weighted by atomic mass is 32.2. The van der Waals surface area contributed by atoms with Crippen molar-refractivity contribution in [1.82, 2.24) is 9.71 Å². The van der Waals surface area contributed by atoms with Gasteiger partial charge in [0, 0.05) is 25.1 Å². The van der Waals surface area contributed by atoms with Gasteiger partial charge < -0.3 is 5.32 Å². The van der Waals surface area contributed by atoms with E-state index in [1.165, 1.54) is 5.56 Å². The van der Waals surface area contributed by atoms with Crippen LogP contribution in [0.3, 0.4) is 0 Å². The third-order valence-electron chi connectivity index (χ3n) is 4.94. The number of alkyl halides is 2. The minimum atomic E-state index is -2.83. The Labute approximate surface area is 175 Å². The van der Waals surface area contributed by atoms with Crippen molar-refractivity contribution in [2.45, 2.75) is 88.8 Å². The maximum atomic E-state index is 14.2. The van der Waals surface area contributed by atoms with Crippen molar-refractivity contribution < 1.29 is 13.0 Å². The Balaban J connectivity index is 1.72. The van der Waals surface area contributed by atoms with Crippen molar-refractivity contribution >= 4 is 16.8 Å². The maximum absolute atomic E-state index is 14.2. The Morgan fingerprint density at radius 1 is 1.31 bits per heavy atom. The monoisotopic (exact) mass is 426 g/mol. The zero-order valence-corrected chi connectivity index (χ0v) is 18.4. The number of hydrogen-bond acceptors (Lipinski definition) is 4. The molecule has 29 heavy (non-hydrogen) atoms. The lowest BCUT2D eigenvalue weighted by molar-refractivity contribution is -0.0207. The number of rotatable bonds is 10. The number of unbranched alkanes of at least 4 members (excludes halogenated alkanes) is 1. The third kappa shape index (κ3) is 7.98. The number of fused-ring (bicyclic) bond motifs is 1. The molecule has 0 aromatic carbocycles. The summed E-state index contributed by atoms with van der Waals surface area (Å²) < 4.78 is 42.6. The molecule has 162 valence electrons. The van der Waals surface area contributed by atoms with E-state index in [2.05, 4.69) is 21.1 Å². The fourth-order valence-corrected chi connectivity index (χ4v) is 3.92. The summed E-state index contributed by atoms with van der Waals surface area (Å²) in [4.78, 5) is 4.59. The van der Waals surface area contributed by atoms with Gasteiger partial charge in [-0.1, -0.05) is 6.07 Å². The van der Waals surface area contributed by atoms with Crippen LogP contribution in [-0.4, -0.2) is 32.4 Å². The molecular formula is C21H32F2N4OS. The van der Waals surface area contributed by atoms with Crippen LogP contribution in [0.1, 0.15) is 70.6 Å². The molecule has 1 aliphatic rings. The quantitative estimate of drug-likeness (QED) is 0.540. The van der Waals surface area contributed by atoms with Crippen molar-refractivity contribution in [1.29, 1.82) is 5.26 Å². The number of nitrogens with one attached hydrogen (secondary N) is 2. The fourth-order valence-electron chi connectivity index (χ4n) is 3.13. The molecule has 8 heteroatoms. The van der Waals surface area contributed by atoms with Crippen LogP contribution in [0.5, 0.6) is 0 Å². The molecule has 1 aliphatic heterocycles. The molecule has 2 rings (SSSR count). The molecule has 1 aromatic rings. The molecule has 0 aliphatic carbocycles. The molecule has 5 nitrogen and oxygen atoms in total. The second kappa shape index (κ2) is 10.4. The van der Waals surface area contributed by atoms with Gasteiger partial charge in [0.2, 0.25) is 5.92 Å². The van der Waals surface area contributed by atoms with Gasteiger partial charge in [-0.3, -0.25) is 0 Å². The Bertz CT molecular complexity index is 743. The first-order valence-corrected chi connectivity index (χ1v) is 11.4. The first-order chi connectivity index (χ1) is 13.6. The average molecular weight is 427 g/mol. The molecular weight excluding hydrogens is 394 g/mol. The summed E-state index contributed by atoms with van der Waals surface area (Å²) in [5.74, 6) is -1.90. The Morgan fingerprint density at radius 2 is 2.07 bits per heavy atom. The number of pyridine rings is 1. The van der Waals surface area contributed by atoms with E-state index in [4.69, 9.17) is 5.26 Å². The van der Waals surface area contributed by atoms with Crippen LogP contribution < -0.4 is 10.0 Å². The van der Waals surface area contributed by atoms with Crippen LogP contribution in [0.4, 0.5) is 14.6 Å². The molecule has 2 heterocycles. The van der Waals surface area contributed by atoms with Crippen molar-refractivity contribution in [3.63, 3.8) is 0 Å². The van der Waals surface area contributed by atoms with E-state index in [1.54, 1.807) is 20.8 Å². The van der Waals surface area contributed by atoms with E-state index in [9.17, 15) is 13.0 Å². The predicted molar refractivity (Wildman–Crippen MR) is 113 cm³/mol. The van der Waals surface area contributed by atoms with E-state index in [0.29, 0.717) is 19.3 Å². The summed E-state index contributed by atoms with van der Waals surface area (Å²) in [6.45, 7) is 6.24. The smallest absolute Gasteiger partial charge is 0.248 e. The number of aryl methyl sites for hydroxylation is 2. The number of hydrogen-bond donors (Lipinski definition) is 2. The van der Waals surface area contributed by atoms with E-state index in [-0.39, 0.29) is 19.3 Å². The van der Waals surface area contributed by atoms with Crippen LogP contribution >= 0.6 is 0 Å². The Morgan fingerprint density at radius 3 is 2.76 bits per heavy atom. The molecule has 2 N–H and O–H groups in total. The van der Waals surface area contributed by atoms with Gasteiger partial charge in [0.1, 0.15) is 11.9 Å². The van der Waals surface area contributed by atoms with Crippen LogP contribution in [-0.2, 0) is 23.8 Å². The van der Waals surface area contributed by atoms with Crippen molar-refractivity contribution in [2.24, 2.45) is 0 Å². The summed E-state index contributed by atoms with van der Waals surface area (Å²) in [5, 5.41) is 12.4. The predicted octanol–water partition coefficient (Wildman–Crippen LogP) is 4.51. The van der Waals surface area contributed by atoms with Gasteiger partial charge in [-0.2, -0.15) is 5.26 Å². The van der Waals surface area contributed by atoms with E-state index >= 15 is 0 Å². The Hall–Kier alpha value is -1.59. The van der Waals surface area contributed by atoms with Crippen LogP contribution in [0.25, 0.3) is 0 Å². The number of halogens is 2. The fraction of sp³-hybridized carbons (Fsp3) is 0.714. The zero-order chi connectivity index (χ0) is 21.5. The highest BCUT2D eigenvalue weighted by Gasteiger charge is 2.30. The second-order valence-corrected chi connectivity index (χ2v) is 10.6. The normalized spacial score (nSPS) is 16.4. The minimum Gasteiger partial charge on any atom is -0.370 e. The maximum Gasteiger partial charge on any atom is 0.248 e. The second-order valence-electron chi connectivity index (χ2n) is 8.62. The number of nitriles is 1. The molecule has 0 unspecified atom stereocenters. The van der Waals surface area contributed by atoms with Gasteiger partial charge in [0.25, 0.3) is 0 Å². The zero-order valence-electron chi connectivity index (χ0n) is 17.6. The molecule has 2 atom stereocenters. The lowest BCUT2D eigenvalue weighted by Crippen LogP contribution is -2.39. The topological polar surface area (TPSA) is 77.8 Å². The lowest BCUT2D eigenvalue weighted by Gasteiger charge is -2.22. The van der Waals surface area contributed by atoms with Crippen molar-refractivity contribution in [3.8, 4) is 6.07 Å². The first-order valence-electron chi connectivity index (χ1n) is 10.3. The van der Waals surface area contributed by atoms with Crippen LogP contribution in [0.2, 0.25) is 0 Å². The summed E-state index contributed by atoms with van der Waals surface area (Å²) in [5.41, 5.74) is 2.15. The summed E-state index contributed by atoms with van der Waals surface area (Å²) in [7, 11) is -1.45.